The Kier molecular flexibility index (Phi) is 3.34. The SMILES string of the molecule is O=C1CC(=O)N(c2ccc(CN3CCCC3)cc2)C1. The Morgan fingerprint density at radius 3 is 2.26 bits per heavy atom. The molecule has 0 aliphatic carbocycles. The third-order valence-electron chi connectivity index (χ3n) is 3.84. The molecule has 0 spiro atoms. The van der Waals surface area contributed by atoms with Crippen molar-refractivity contribution in [2.45, 2.75) is 25.8 Å². The number of amides is 1. The highest BCUT2D eigenvalue weighted by Gasteiger charge is 2.28. The normalized spacial score (nSPS) is 20.5. The van der Waals surface area contributed by atoms with E-state index in [1.165, 1.54) is 31.5 Å². The smallest absolute Gasteiger partial charge is 0.234 e. The standard InChI is InChI=1S/C15H18N2O2/c18-14-9-15(19)17(11-14)13-5-3-12(4-6-13)10-16-7-1-2-8-16/h3-6H,1-2,7-11H2. The predicted octanol–water partition coefficient (Wildman–Crippen LogP) is 1.59. The van der Waals surface area contributed by atoms with Crippen LogP contribution in [0.15, 0.2) is 24.3 Å². The summed E-state index contributed by atoms with van der Waals surface area (Å²) in [5, 5.41) is 0. The van der Waals surface area contributed by atoms with Crippen LogP contribution in [0.25, 0.3) is 0 Å². The largest absolute Gasteiger partial charge is 0.305 e. The first-order chi connectivity index (χ1) is 9.22. The molecule has 0 aromatic heterocycles. The third-order valence-corrected chi connectivity index (χ3v) is 3.84. The van der Waals surface area contributed by atoms with E-state index < -0.39 is 0 Å². The Hall–Kier alpha value is -1.68. The molecule has 2 fully saturated rings. The second-order valence-electron chi connectivity index (χ2n) is 5.35. The molecule has 4 nitrogen and oxygen atoms in total. The zero-order valence-corrected chi connectivity index (χ0v) is 11.0. The quantitative estimate of drug-likeness (QED) is 0.773. The van der Waals surface area contributed by atoms with Gasteiger partial charge in [-0.3, -0.25) is 14.5 Å². The van der Waals surface area contributed by atoms with Gasteiger partial charge in [-0.25, -0.2) is 0 Å². The number of ketones is 1. The Labute approximate surface area is 113 Å². The predicted molar refractivity (Wildman–Crippen MR) is 72.9 cm³/mol. The number of rotatable bonds is 3. The summed E-state index contributed by atoms with van der Waals surface area (Å²) in [7, 11) is 0. The molecule has 0 radical (unpaired) electrons. The van der Waals surface area contributed by atoms with Gasteiger partial charge in [-0.1, -0.05) is 12.1 Å². The molecule has 1 aromatic rings. The number of carbonyl (C=O) groups excluding carboxylic acids is 2. The summed E-state index contributed by atoms with van der Waals surface area (Å²) in [5.41, 5.74) is 2.10. The first-order valence-electron chi connectivity index (χ1n) is 6.86. The highest BCUT2D eigenvalue weighted by atomic mass is 16.2. The summed E-state index contributed by atoms with van der Waals surface area (Å²) in [6.45, 7) is 3.57. The summed E-state index contributed by atoms with van der Waals surface area (Å²) in [6.07, 6.45) is 2.64. The van der Waals surface area contributed by atoms with Gasteiger partial charge in [0.2, 0.25) is 5.91 Å². The number of Topliss-reactive ketones (excluding diaryl/α,β-unsaturated/α-hetero) is 1. The van der Waals surface area contributed by atoms with Gasteiger partial charge in [-0.2, -0.15) is 0 Å². The van der Waals surface area contributed by atoms with Crippen molar-refractivity contribution in [3.63, 3.8) is 0 Å². The van der Waals surface area contributed by atoms with Gasteiger partial charge < -0.3 is 4.90 Å². The molecule has 1 aromatic carbocycles. The van der Waals surface area contributed by atoms with Crippen LogP contribution in [-0.2, 0) is 16.1 Å². The molecule has 0 bridgehead atoms. The molecule has 3 rings (SSSR count). The molecule has 2 saturated heterocycles. The molecule has 2 heterocycles. The van der Waals surface area contributed by atoms with Crippen LogP contribution in [0, 0.1) is 0 Å². The maximum absolute atomic E-state index is 11.6. The molecule has 2 aliphatic rings. The van der Waals surface area contributed by atoms with Crippen LogP contribution in [0.4, 0.5) is 5.69 Å². The maximum atomic E-state index is 11.6. The van der Waals surface area contributed by atoms with Crippen molar-refractivity contribution in [1.82, 2.24) is 4.90 Å². The first kappa shape index (κ1) is 12.4. The molecule has 0 N–H and O–H groups in total. The van der Waals surface area contributed by atoms with E-state index >= 15 is 0 Å². The van der Waals surface area contributed by atoms with E-state index in [4.69, 9.17) is 0 Å². The van der Waals surface area contributed by atoms with Gasteiger partial charge in [0.05, 0.1) is 13.0 Å². The van der Waals surface area contributed by atoms with Crippen LogP contribution >= 0.6 is 0 Å². The Morgan fingerprint density at radius 1 is 1.00 bits per heavy atom. The summed E-state index contributed by atoms with van der Waals surface area (Å²) >= 11 is 0. The zero-order chi connectivity index (χ0) is 13.2. The van der Waals surface area contributed by atoms with Crippen LogP contribution in [0.2, 0.25) is 0 Å². The van der Waals surface area contributed by atoms with Gasteiger partial charge in [0.15, 0.2) is 5.78 Å². The molecular formula is C15H18N2O2. The molecule has 1 amide bonds. The van der Waals surface area contributed by atoms with Crippen molar-refractivity contribution in [3.05, 3.63) is 29.8 Å². The number of nitrogens with zero attached hydrogens (tertiary/aromatic N) is 2. The first-order valence-corrected chi connectivity index (χ1v) is 6.86. The van der Waals surface area contributed by atoms with Crippen LogP contribution in [0.5, 0.6) is 0 Å². The van der Waals surface area contributed by atoms with Gasteiger partial charge >= 0.3 is 0 Å². The average molecular weight is 258 g/mol. The lowest BCUT2D eigenvalue weighted by atomic mass is 10.2. The Morgan fingerprint density at radius 2 is 1.68 bits per heavy atom. The van der Waals surface area contributed by atoms with Crippen molar-refractivity contribution in [3.8, 4) is 0 Å². The lowest BCUT2D eigenvalue weighted by molar-refractivity contribution is -0.121. The van der Waals surface area contributed by atoms with Crippen LogP contribution < -0.4 is 4.90 Å². The molecule has 100 valence electrons. The molecule has 0 saturated carbocycles. The van der Waals surface area contributed by atoms with Crippen LogP contribution in [0.1, 0.15) is 24.8 Å². The molecular weight excluding hydrogens is 240 g/mol. The van der Waals surface area contributed by atoms with Gasteiger partial charge in [-0.05, 0) is 43.6 Å². The lowest BCUT2D eigenvalue weighted by Crippen LogP contribution is -2.24. The molecule has 0 atom stereocenters. The van der Waals surface area contributed by atoms with E-state index in [9.17, 15) is 9.59 Å². The fourth-order valence-electron chi connectivity index (χ4n) is 2.80. The maximum Gasteiger partial charge on any atom is 0.234 e. The highest BCUT2D eigenvalue weighted by Crippen LogP contribution is 2.21. The lowest BCUT2D eigenvalue weighted by Gasteiger charge is -2.17. The minimum absolute atomic E-state index is 0.00569. The van der Waals surface area contributed by atoms with Crippen molar-refractivity contribution in [2.75, 3.05) is 24.5 Å². The number of anilines is 1. The zero-order valence-electron chi connectivity index (χ0n) is 11.0. The summed E-state index contributed by atoms with van der Waals surface area (Å²) < 4.78 is 0. The monoisotopic (exact) mass is 258 g/mol. The third kappa shape index (κ3) is 2.68. The van der Waals surface area contributed by atoms with Gasteiger partial charge in [0, 0.05) is 12.2 Å². The minimum atomic E-state index is -0.0858. The second kappa shape index (κ2) is 5.13. The van der Waals surface area contributed by atoms with Crippen molar-refractivity contribution < 1.29 is 9.59 Å². The minimum Gasteiger partial charge on any atom is -0.305 e. The number of likely N-dealkylation sites (tertiary alicyclic amines) is 1. The van der Waals surface area contributed by atoms with E-state index in [1.807, 2.05) is 12.1 Å². The topological polar surface area (TPSA) is 40.6 Å². The number of carbonyl (C=O) groups is 2. The van der Waals surface area contributed by atoms with Gasteiger partial charge in [0.25, 0.3) is 0 Å². The summed E-state index contributed by atoms with van der Waals surface area (Å²) in [6, 6.07) is 8.01. The Balaban J connectivity index is 1.68. The van der Waals surface area contributed by atoms with E-state index in [-0.39, 0.29) is 24.7 Å². The fourth-order valence-corrected chi connectivity index (χ4v) is 2.80. The van der Waals surface area contributed by atoms with Crippen molar-refractivity contribution >= 4 is 17.4 Å². The number of hydrogen-bond acceptors (Lipinski definition) is 3. The van der Waals surface area contributed by atoms with Crippen molar-refractivity contribution in [2.24, 2.45) is 0 Å². The molecule has 0 unspecified atom stereocenters. The fraction of sp³-hybridized carbons (Fsp3) is 0.467. The van der Waals surface area contributed by atoms with Crippen molar-refractivity contribution in [1.29, 1.82) is 0 Å². The van der Waals surface area contributed by atoms with Crippen LogP contribution in [-0.4, -0.2) is 36.2 Å². The van der Waals surface area contributed by atoms with E-state index in [2.05, 4.69) is 17.0 Å². The Bertz CT molecular complexity index is 489. The van der Waals surface area contributed by atoms with E-state index in [0.717, 1.165) is 12.2 Å². The second-order valence-corrected chi connectivity index (χ2v) is 5.35. The highest BCUT2D eigenvalue weighted by molar-refractivity contribution is 6.14. The molecule has 2 aliphatic heterocycles. The summed E-state index contributed by atoms with van der Waals surface area (Å²) in [4.78, 5) is 26.9. The van der Waals surface area contributed by atoms with E-state index in [0.29, 0.717) is 0 Å². The van der Waals surface area contributed by atoms with Gasteiger partial charge in [0.1, 0.15) is 0 Å². The van der Waals surface area contributed by atoms with E-state index in [1.54, 1.807) is 4.90 Å². The summed E-state index contributed by atoms with van der Waals surface area (Å²) in [5.74, 6) is -0.0802. The van der Waals surface area contributed by atoms with Crippen LogP contribution in [0.3, 0.4) is 0 Å². The van der Waals surface area contributed by atoms with Gasteiger partial charge in [-0.15, -0.1) is 0 Å². The molecule has 19 heavy (non-hydrogen) atoms. The average Bonchev–Trinajstić information content (AvgIpc) is 3.00. The molecule has 4 heteroatoms. The number of benzene rings is 1. The number of hydrogen-bond donors (Lipinski definition) is 0.